The Bertz CT molecular complexity index is 328. The van der Waals surface area contributed by atoms with Crippen LogP contribution in [-0.4, -0.2) is 5.11 Å². The predicted molar refractivity (Wildman–Crippen MR) is 57.8 cm³/mol. The molecule has 0 amide bonds. The first-order chi connectivity index (χ1) is 6.70. The molecule has 1 fully saturated rings. The highest BCUT2D eigenvalue weighted by Gasteiger charge is 2.42. The van der Waals surface area contributed by atoms with Crippen LogP contribution in [0.2, 0.25) is 0 Å². The fourth-order valence-corrected chi connectivity index (χ4v) is 2.03. The van der Waals surface area contributed by atoms with Gasteiger partial charge in [-0.15, -0.1) is 0 Å². The van der Waals surface area contributed by atoms with Crippen LogP contribution in [0.25, 0.3) is 0 Å². The predicted octanol–water partition coefficient (Wildman–Crippen LogP) is 2.93. The summed E-state index contributed by atoms with van der Waals surface area (Å²) >= 11 is 0. The molecule has 1 aromatic rings. The summed E-state index contributed by atoms with van der Waals surface area (Å²) in [4.78, 5) is 0. The Kier molecular flexibility index (Phi) is 2.42. The molecule has 1 saturated carbocycles. The Balaban J connectivity index is 2.05. The second-order valence-corrected chi connectivity index (χ2v) is 4.21. The molecule has 14 heavy (non-hydrogen) atoms. The molecule has 1 aliphatic rings. The van der Waals surface area contributed by atoms with Crippen LogP contribution in [0.15, 0.2) is 42.5 Å². The quantitative estimate of drug-likeness (QED) is 0.723. The molecule has 0 unspecified atom stereocenters. The smallest absolute Gasteiger partial charge is 0.0824 e. The summed E-state index contributed by atoms with van der Waals surface area (Å²) in [5, 5.41) is 10.0. The summed E-state index contributed by atoms with van der Waals surface area (Å²) in [6.45, 7) is 5.98. The average Bonchev–Trinajstić information content (AvgIpc) is 2.97. The highest BCUT2D eigenvalue weighted by atomic mass is 16.3. The van der Waals surface area contributed by atoms with Crippen molar-refractivity contribution < 1.29 is 5.11 Å². The van der Waals surface area contributed by atoms with Crippen molar-refractivity contribution >= 4 is 0 Å². The van der Waals surface area contributed by atoms with E-state index in [-0.39, 0.29) is 6.10 Å². The standard InChI is InChI=1S/C13H16O/c1-9(2)11-8-12(11)13(14)10-6-4-3-5-7-10/h3-7,11-14H,1,8H2,2H3/t11-,12+,13+/m0/s1. The summed E-state index contributed by atoms with van der Waals surface area (Å²) in [5.74, 6) is 0.931. The third-order valence-corrected chi connectivity index (χ3v) is 3.02. The van der Waals surface area contributed by atoms with Crippen molar-refractivity contribution in [2.24, 2.45) is 11.8 Å². The van der Waals surface area contributed by atoms with Crippen LogP contribution in [-0.2, 0) is 0 Å². The Morgan fingerprint density at radius 3 is 2.57 bits per heavy atom. The van der Waals surface area contributed by atoms with Crippen molar-refractivity contribution in [1.29, 1.82) is 0 Å². The zero-order valence-corrected chi connectivity index (χ0v) is 8.48. The minimum Gasteiger partial charge on any atom is -0.388 e. The summed E-state index contributed by atoms with van der Waals surface area (Å²) in [7, 11) is 0. The first-order valence-electron chi connectivity index (χ1n) is 5.08. The highest BCUT2D eigenvalue weighted by molar-refractivity contribution is 5.22. The van der Waals surface area contributed by atoms with E-state index in [0.717, 1.165) is 12.0 Å². The van der Waals surface area contributed by atoms with Crippen LogP contribution in [0.3, 0.4) is 0 Å². The molecule has 1 heteroatoms. The first kappa shape index (κ1) is 9.47. The summed E-state index contributed by atoms with van der Waals surface area (Å²) in [6.07, 6.45) is 0.781. The molecular weight excluding hydrogens is 172 g/mol. The van der Waals surface area contributed by atoms with Crippen molar-refractivity contribution in [2.75, 3.05) is 0 Å². The number of hydrogen-bond acceptors (Lipinski definition) is 1. The minimum absolute atomic E-state index is 0.308. The lowest BCUT2D eigenvalue weighted by molar-refractivity contribution is 0.149. The maximum atomic E-state index is 10.0. The molecule has 1 aromatic carbocycles. The molecule has 0 bridgehead atoms. The number of benzene rings is 1. The van der Waals surface area contributed by atoms with E-state index in [2.05, 4.69) is 6.58 Å². The van der Waals surface area contributed by atoms with E-state index in [4.69, 9.17) is 0 Å². The Morgan fingerprint density at radius 1 is 1.43 bits per heavy atom. The van der Waals surface area contributed by atoms with Gasteiger partial charge in [-0.05, 0) is 30.7 Å². The van der Waals surface area contributed by atoms with E-state index < -0.39 is 0 Å². The van der Waals surface area contributed by atoms with Gasteiger partial charge >= 0.3 is 0 Å². The van der Waals surface area contributed by atoms with E-state index in [1.54, 1.807) is 0 Å². The number of aliphatic hydroxyl groups is 1. The zero-order valence-electron chi connectivity index (χ0n) is 8.48. The van der Waals surface area contributed by atoms with Gasteiger partial charge in [0.2, 0.25) is 0 Å². The van der Waals surface area contributed by atoms with Gasteiger partial charge in [0.1, 0.15) is 0 Å². The normalized spacial score (nSPS) is 27.0. The Hall–Kier alpha value is -1.08. The SMILES string of the molecule is C=C(C)[C@@H]1C[C@H]1[C@H](O)c1ccccc1. The molecule has 74 valence electrons. The average molecular weight is 188 g/mol. The third-order valence-electron chi connectivity index (χ3n) is 3.02. The minimum atomic E-state index is -0.308. The summed E-state index contributed by atoms with van der Waals surface area (Å²) in [5.41, 5.74) is 2.23. The fraction of sp³-hybridized carbons (Fsp3) is 0.385. The van der Waals surface area contributed by atoms with Gasteiger partial charge in [-0.2, -0.15) is 0 Å². The number of aliphatic hydroxyl groups excluding tert-OH is 1. The number of rotatable bonds is 3. The second kappa shape index (κ2) is 3.58. The molecule has 2 rings (SSSR count). The molecule has 1 N–H and O–H groups in total. The van der Waals surface area contributed by atoms with E-state index in [1.807, 2.05) is 37.3 Å². The van der Waals surface area contributed by atoms with Gasteiger partial charge in [0, 0.05) is 0 Å². The lowest BCUT2D eigenvalue weighted by Gasteiger charge is -2.10. The van der Waals surface area contributed by atoms with Crippen molar-refractivity contribution in [3.8, 4) is 0 Å². The van der Waals surface area contributed by atoms with Crippen molar-refractivity contribution in [3.05, 3.63) is 48.0 Å². The molecule has 0 spiro atoms. The van der Waals surface area contributed by atoms with Crippen LogP contribution in [0.4, 0.5) is 0 Å². The number of hydrogen-bond donors (Lipinski definition) is 1. The maximum absolute atomic E-state index is 10.0. The Labute approximate surface area is 85.1 Å². The van der Waals surface area contributed by atoms with E-state index in [9.17, 15) is 5.11 Å². The van der Waals surface area contributed by atoms with E-state index >= 15 is 0 Å². The first-order valence-corrected chi connectivity index (χ1v) is 5.08. The van der Waals surface area contributed by atoms with E-state index in [0.29, 0.717) is 11.8 Å². The lowest BCUT2D eigenvalue weighted by atomic mass is 10.0. The van der Waals surface area contributed by atoms with Gasteiger partial charge in [-0.25, -0.2) is 0 Å². The van der Waals surface area contributed by atoms with Gasteiger partial charge in [0.15, 0.2) is 0 Å². The van der Waals surface area contributed by atoms with Gasteiger partial charge in [0.05, 0.1) is 6.10 Å². The molecule has 0 aromatic heterocycles. The molecule has 0 aliphatic heterocycles. The molecule has 0 heterocycles. The van der Waals surface area contributed by atoms with Gasteiger partial charge in [-0.3, -0.25) is 0 Å². The molecule has 0 saturated heterocycles. The highest BCUT2D eigenvalue weighted by Crippen LogP contribution is 2.50. The van der Waals surface area contributed by atoms with Crippen molar-refractivity contribution in [1.82, 2.24) is 0 Å². The monoisotopic (exact) mass is 188 g/mol. The van der Waals surface area contributed by atoms with Gasteiger partial charge in [0.25, 0.3) is 0 Å². The number of allylic oxidation sites excluding steroid dienone is 1. The lowest BCUT2D eigenvalue weighted by Crippen LogP contribution is -2.01. The van der Waals surface area contributed by atoms with Crippen molar-refractivity contribution in [3.63, 3.8) is 0 Å². The molecule has 0 radical (unpaired) electrons. The second-order valence-electron chi connectivity index (χ2n) is 4.21. The molecule has 1 nitrogen and oxygen atoms in total. The maximum Gasteiger partial charge on any atom is 0.0824 e. The van der Waals surface area contributed by atoms with Crippen LogP contribution in [0.5, 0.6) is 0 Å². The molecule has 3 atom stereocenters. The van der Waals surface area contributed by atoms with E-state index in [1.165, 1.54) is 5.57 Å². The zero-order chi connectivity index (χ0) is 10.1. The summed E-state index contributed by atoms with van der Waals surface area (Å²) < 4.78 is 0. The largest absolute Gasteiger partial charge is 0.388 e. The molecular formula is C13H16O. The molecule has 1 aliphatic carbocycles. The van der Waals surface area contributed by atoms with Gasteiger partial charge in [-0.1, -0.05) is 42.5 Å². The van der Waals surface area contributed by atoms with Gasteiger partial charge < -0.3 is 5.11 Å². The third kappa shape index (κ3) is 1.73. The summed E-state index contributed by atoms with van der Waals surface area (Å²) in [6, 6.07) is 9.88. The van der Waals surface area contributed by atoms with Crippen LogP contribution in [0, 0.1) is 11.8 Å². The van der Waals surface area contributed by atoms with Crippen molar-refractivity contribution in [2.45, 2.75) is 19.4 Å². The fourth-order valence-electron chi connectivity index (χ4n) is 2.03. The van der Waals surface area contributed by atoms with Crippen LogP contribution in [0.1, 0.15) is 25.0 Å². The van der Waals surface area contributed by atoms with Crippen LogP contribution < -0.4 is 0 Å². The topological polar surface area (TPSA) is 20.2 Å². The Morgan fingerprint density at radius 2 is 2.07 bits per heavy atom. The van der Waals surface area contributed by atoms with Crippen LogP contribution >= 0.6 is 0 Å².